The van der Waals surface area contributed by atoms with Crippen LogP contribution in [0, 0.1) is 0 Å². The lowest BCUT2D eigenvalue weighted by atomic mass is 9.99. The van der Waals surface area contributed by atoms with Gasteiger partial charge in [0.2, 0.25) is 0 Å². The van der Waals surface area contributed by atoms with Gasteiger partial charge in [-0.2, -0.15) is 0 Å². The fourth-order valence-electron chi connectivity index (χ4n) is 3.42. The third-order valence-electron chi connectivity index (χ3n) is 4.41. The van der Waals surface area contributed by atoms with Crippen LogP contribution in [-0.2, 0) is 0 Å². The molecule has 0 radical (unpaired) electrons. The maximum Gasteiger partial charge on any atom is 0.169 e. The van der Waals surface area contributed by atoms with Gasteiger partial charge in [0, 0.05) is 24.8 Å². The third kappa shape index (κ3) is 2.90. The number of nitrogens with one attached hydrogen (secondary N) is 1. The van der Waals surface area contributed by atoms with Crippen molar-refractivity contribution in [1.82, 2.24) is 9.88 Å². The lowest BCUT2D eigenvalue weighted by Crippen LogP contribution is -2.41. The van der Waals surface area contributed by atoms with E-state index in [1.165, 1.54) is 38.8 Å². The zero-order valence-corrected chi connectivity index (χ0v) is 12.3. The molecule has 1 N–H and O–H groups in total. The van der Waals surface area contributed by atoms with Gasteiger partial charge >= 0.3 is 0 Å². The van der Waals surface area contributed by atoms with Crippen LogP contribution >= 0.6 is 0 Å². The second-order valence-corrected chi connectivity index (χ2v) is 5.84. The van der Waals surface area contributed by atoms with Crippen LogP contribution in [0.1, 0.15) is 39.0 Å². The summed E-state index contributed by atoms with van der Waals surface area (Å²) < 4.78 is 5.79. The summed E-state index contributed by atoms with van der Waals surface area (Å²) in [6.45, 7) is 5.37. The summed E-state index contributed by atoms with van der Waals surface area (Å²) in [4.78, 5) is 7.11. The van der Waals surface area contributed by atoms with Crippen molar-refractivity contribution in [2.24, 2.45) is 0 Å². The van der Waals surface area contributed by atoms with Crippen molar-refractivity contribution < 1.29 is 4.74 Å². The van der Waals surface area contributed by atoms with E-state index in [0.29, 0.717) is 12.1 Å². The van der Waals surface area contributed by atoms with Crippen molar-refractivity contribution in [3.8, 4) is 5.75 Å². The van der Waals surface area contributed by atoms with Crippen LogP contribution in [0.5, 0.6) is 5.75 Å². The number of anilines is 1. The molecule has 110 valence electrons. The molecule has 4 heteroatoms. The molecule has 0 aromatic carbocycles. The number of aromatic nitrogens is 1. The molecule has 0 aliphatic carbocycles. The Kier molecular flexibility index (Phi) is 4.41. The Labute approximate surface area is 121 Å². The van der Waals surface area contributed by atoms with Crippen molar-refractivity contribution in [3.63, 3.8) is 0 Å². The van der Waals surface area contributed by atoms with Gasteiger partial charge in [-0.15, -0.1) is 0 Å². The zero-order chi connectivity index (χ0) is 13.8. The highest BCUT2D eigenvalue weighted by atomic mass is 16.5. The molecule has 0 amide bonds. The van der Waals surface area contributed by atoms with Gasteiger partial charge in [-0.25, -0.2) is 4.98 Å². The Morgan fingerprint density at radius 3 is 3.20 bits per heavy atom. The Hall–Kier alpha value is -1.29. The van der Waals surface area contributed by atoms with Crippen LogP contribution in [0.15, 0.2) is 18.3 Å². The number of ether oxygens (including phenoxy) is 1. The van der Waals surface area contributed by atoms with E-state index in [0.717, 1.165) is 24.6 Å². The molecule has 2 aliphatic heterocycles. The normalized spacial score (nSPS) is 26.2. The van der Waals surface area contributed by atoms with Crippen molar-refractivity contribution in [2.75, 3.05) is 25.0 Å². The summed E-state index contributed by atoms with van der Waals surface area (Å²) in [6, 6.07) is 5.16. The second-order valence-electron chi connectivity index (χ2n) is 5.84. The minimum atomic E-state index is 0.522. The fourth-order valence-corrected chi connectivity index (χ4v) is 3.42. The maximum absolute atomic E-state index is 5.79. The smallest absolute Gasteiger partial charge is 0.169 e. The lowest BCUT2D eigenvalue weighted by molar-refractivity contribution is 0.192. The number of nitrogens with zero attached hydrogens (tertiary/aromatic N) is 2. The van der Waals surface area contributed by atoms with Crippen LogP contribution in [-0.4, -0.2) is 41.7 Å². The van der Waals surface area contributed by atoms with E-state index in [2.05, 4.69) is 22.1 Å². The quantitative estimate of drug-likeness (QED) is 0.896. The Morgan fingerprint density at radius 1 is 1.35 bits per heavy atom. The monoisotopic (exact) mass is 275 g/mol. The highest BCUT2D eigenvalue weighted by Gasteiger charge is 2.35. The van der Waals surface area contributed by atoms with Crippen molar-refractivity contribution in [1.29, 1.82) is 0 Å². The topological polar surface area (TPSA) is 37.4 Å². The summed E-state index contributed by atoms with van der Waals surface area (Å²) >= 11 is 0. The van der Waals surface area contributed by atoms with E-state index in [1.807, 2.05) is 18.3 Å². The summed E-state index contributed by atoms with van der Waals surface area (Å²) in [5, 5.41) is 3.64. The molecule has 1 aromatic rings. The molecule has 3 heterocycles. The van der Waals surface area contributed by atoms with Crippen molar-refractivity contribution >= 4 is 5.82 Å². The number of piperidine rings is 1. The molecule has 4 nitrogen and oxygen atoms in total. The molecule has 2 atom stereocenters. The minimum Gasteiger partial charge on any atom is -0.490 e. The molecular weight excluding hydrogens is 250 g/mol. The highest BCUT2D eigenvalue weighted by Crippen LogP contribution is 2.31. The average Bonchev–Trinajstić information content (AvgIpc) is 2.90. The predicted molar refractivity (Wildman–Crippen MR) is 81.3 cm³/mol. The van der Waals surface area contributed by atoms with E-state index in [4.69, 9.17) is 4.74 Å². The van der Waals surface area contributed by atoms with Crippen LogP contribution < -0.4 is 10.1 Å². The molecule has 20 heavy (non-hydrogen) atoms. The van der Waals surface area contributed by atoms with Gasteiger partial charge in [0.25, 0.3) is 0 Å². The number of fused-ring (bicyclic) bond motifs is 1. The van der Waals surface area contributed by atoms with Crippen LogP contribution in [0.4, 0.5) is 5.82 Å². The van der Waals surface area contributed by atoms with Gasteiger partial charge in [0.05, 0.1) is 6.61 Å². The summed E-state index contributed by atoms with van der Waals surface area (Å²) in [7, 11) is 0. The van der Waals surface area contributed by atoms with E-state index in [-0.39, 0.29) is 0 Å². The van der Waals surface area contributed by atoms with Gasteiger partial charge in [-0.3, -0.25) is 4.90 Å². The Morgan fingerprint density at radius 2 is 2.30 bits per heavy atom. The summed E-state index contributed by atoms with van der Waals surface area (Å²) in [5.74, 6) is 1.81. The molecule has 2 saturated heterocycles. The van der Waals surface area contributed by atoms with Crippen LogP contribution in [0.25, 0.3) is 0 Å². The van der Waals surface area contributed by atoms with Crippen molar-refractivity contribution in [2.45, 2.75) is 51.1 Å². The average molecular weight is 275 g/mol. The molecular formula is C16H25N3O. The standard InChI is InChI=1S/C16H25N3O/c1-2-12-20-15-7-5-9-17-16(15)18-13-8-11-19-10-4-3-6-14(13)19/h5,7,9,13-14H,2-4,6,8,10-12H2,1H3,(H,17,18). The first-order valence-electron chi connectivity index (χ1n) is 7.97. The van der Waals surface area contributed by atoms with Gasteiger partial charge in [-0.05, 0) is 44.4 Å². The van der Waals surface area contributed by atoms with Gasteiger partial charge in [0.15, 0.2) is 11.6 Å². The maximum atomic E-state index is 5.79. The molecule has 2 fully saturated rings. The molecule has 1 aromatic heterocycles. The van der Waals surface area contributed by atoms with E-state index in [9.17, 15) is 0 Å². The molecule has 0 spiro atoms. The highest BCUT2D eigenvalue weighted by molar-refractivity contribution is 5.50. The van der Waals surface area contributed by atoms with Crippen LogP contribution in [0.2, 0.25) is 0 Å². The van der Waals surface area contributed by atoms with Crippen LogP contribution in [0.3, 0.4) is 0 Å². The molecule has 2 unspecified atom stereocenters. The fraction of sp³-hybridized carbons (Fsp3) is 0.688. The zero-order valence-electron chi connectivity index (χ0n) is 12.3. The number of rotatable bonds is 5. The number of hydrogen-bond donors (Lipinski definition) is 1. The van der Waals surface area contributed by atoms with E-state index in [1.54, 1.807) is 0 Å². The lowest BCUT2D eigenvalue weighted by Gasteiger charge is -2.32. The molecule has 0 saturated carbocycles. The summed E-state index contributed by atoms with van der Waals surface area (Å²) in [5.41, 5.74) is 0. The third-order valence-corrected chi connectivity index (χ3v) is 4.41. The first kappa shape index (κ1) is 13.7. The first-order valence-corrected chi connectivity index (χ1v) is 7.97. The van der Waals surface area contributed by atoms with Gasteiger partial charge in [-0.1, -0.05) is 13.3 Å². The number of hydrogen-bond acceptors (Lipinski definition) is 4. The molecule has 2 aliphatic rings. The molecule has 0 bridgehead atoms. The van der Waals surface area contributed by atoms with Crippen molar-refractivity contribution in [3.05, 3.63) is 18.3 Å². The SMILES string of the molecule is CCCOc1cccnc1NC1CCN2CCCCC12. The van der Waals surface area contributed by atoms with E-state index < -0.39 is 0 Å². The van der Waals surface area contributed by atoms with Gasteiger partial charge < -0.3 is 10.1 Å². The predicted octanol–water partition coefficient (Wildman–Crippen LogP) is 2.91. The largest absolute Gasteiger partial charge is 0.490 e. The molecule has 3 rings (SSSR count). The number of pyridine rings is 1. The summed E-state index contributed by atoms with van der Waals surface area (Å²) in [6.07, 6.45) is 8.12. The first-order chi connectivity index (χ1) is 9.88. The second kappa shape index (κ2) is 6.44. The Balaban J connectivity index is 1.68. The minimum absolute atomic E-state index is 0.522. The van der Waals surface area contributed by atoms with E-state index >= 15 is 0 Å². The van der Waals surface area contributed by atoms with Gasteiger partial charge in [0.1, 0.15) is 0 Å². The Bertz CT molecular complexity index is 437.